The first kappa shape index (κ1) is 11.8. The predicted octanol–water partition coefficient (Wildman–Crippen LogP) is 1.40. The second-order valence-corrected chi connectivity index (χ2v) is 3.65. The topological polar surface area (TPSA) is 53.5 Å². The number of hydrogen-bond acceptors (Lipinski definition) is 3. The summed E-state index contributed by atoms with van der Waals surface area (Å²) in [5.41, 5.74) is 0.907. The van der Waals surface area contributed by atoms with Crippen LogP contribution in [0.1, 0.15) is 33.6 Å². The molecule has 0 saturated heterocycles. The van der Waals surface area contributed by atoms with E-state index in [1.165, 1.54) is 0 Å². The van der Waals surface area contributed by atoms with Crippen molar-refractivity contribution in [2.45, 2.75) is 33.6 Å². The van der Waals surface area contributed by atoms with E-state index in [-0.39, 0.29) is 11.8 Å². The summed E-state index contributed by atoms with van der Waals surface area (Å²) in [6, 6.07) is 0. The molecule has 0 aliphatic heterocycles. The van der Waals surface area contributed by atoms with E-state index in [1.54, 1.807) is 6.21 Å². The molecule has 1 aliphatic carbocycles. The van der Waals surface area contributed by atoms with Crippen molar-refractivity contribution in [2.75, 3.05) is 6.54 Å². The Morgan fingerprint density at radius 3 is 2.67 bits per heavy atom. The van der Waals surface area contributed by atoms with Crippen molar-refractivity contribution >= 4 is 12.1 Å². The van der Waals surface area contributed by atoms with Crippen molar-refractivity contribution in [3.63, 3.8) is 0 Å². The van der Waals surface area contributed by atoms with Crippen LogP contribution in [0.25, 0.3) is 0 Å². The van der Waals surface area contributed by atoms with E-state index in [1.807, 2.05) is 20.8 Å². The van der Waals surface area contributed by atoms with Crippen LogP contribution in [0.2, 0.25) is 0 Å². The SMILES string of the molecule is CC=N/C(NC(=O)C1CC1)=C(\C)NCC. The zero-order valence-corrected chi connectivity index (χ0v) is 9.63. The summed E-state index contributed by atoms with van der Waals surface area (Å²) in [6.07, 6.45) is 3.70. The van der Waals surface area contributed by atoms with E-state index < -0.39 is 0 Å². The monoisotopic (exact) mass is 209 g/mol. The van der Waals surface area contributed by atoms with Gasteiger partial charge in [0.1, 0.15) is 0 Å². The van der Waals surface area contributed by atoms with Gasteiger partial charge in [0, 0.05) is 18.7 Å². The number of nitrogens with zero attached hydrogens (tertiary/aromatic N) is 1. The quantitative estimate of drug-likeness (QED) is 0.672. The lowest BCUT2D eigenvalue weighted by molar-refractivity contribution is -0.121. The van der Waals surface area contributed by atoms with Crippen LogP contribution in [0.4, 0.5) is 0 Å². The van der Waals surface area contributed by atoms with Gasteiger partial charge in [-0.05, 0) is 33.6 Å². The molecule has 1 amide bonds. The molecule has 0 radical (unpaired) electrons. The maximum atomic E-state index is 11.6. The molecule has 4 nitrogen and oxygen atoms in total. The summed E-state index contributed by atoms with van der Waals surface area (Å²) in [5, 5.41) is 5.99. The molecule has 84 valence electrons. The maximum absolute atomic E-state index is 11.6. The fraction of sp³-hybridized carbons (Fsp3) is 0.636. The lowest BCUT2D eigenvalue weighted by Crippen LogP contribution is -2.27. The molecule has 0 atom stereocenters. The van der Waals surface area contributed by atoms with Gasteiger partial charge in [-0.3, -0.25) is 4.79 Å². The molecule has 0 spiro atoms. The Morgan fingerprint density at radius 2 is 2.20 bits per heavy atom. The van der Waals surface area contributed by atoms with Gasteiger partial charge in [0.15, 0.2) is 5.82 Å². The summed E-state index contributed by atoms with van der Waals surface area (Å²) in [4.78, 5) is 15.7. The van der Waals surface area contributed by atoms with Gasteiger partial charge in [-0.1, -0.05) is 0 Å². The molecule has 15 heavy (non-hydrogen) atoms. The third kappa shape index (κ3) is 3.73. The average molecular weight is 209 g/mol. The summed E-state index contributed by atoms with van der Waals surface area (Å²) in [7, 11) is 0. The molecular formula is C11H19N3O. The minimum atomic E-state index is 0.0906. The highest BCUT2D eigenvalue weighted by Crippen LogP contribution is 2.29. The summed E-state index contributed by atoms with van der Waals surface area (Å²) >= 11 is 0. The number of rotatable bonds is 5. The van der Waals surface area contributed by atoms with Gasteiger partial charge in [0.25, 0.3) is 0 Å². The number of hydrogen-bond donors (Lipinski definition) is 2. The van der Waals surface area contributed by atoms with Crippen molar-refractivity contribution in [2.24, 2.45) is 10.9 Å². The zero-order chi connectivity index (χ0) is 11.3. The Balaban J connectivity index is 2.63. The number of carbonyl (C=O) groups is 1. The van der Waals surface area contributed by atoms with Gasteiger partial charge in [-0.25, -0.2) is 4.99 Å². The van der Waals surface area contributed by atoms with E-state index in [2.05, 4.69) is 15.6 Å². The van der Waals surface area contributed by atoms with E-state index in [0.29, 0.717) is 5.82 Å². The molecule has 1 fully saturated rings. The maximum Gasteiger partial charge on any atom is 0.228 e. The zero-order valence-electron chi connectivity index (χ0n) is 9.63. The van der Waals surface area contributed by atoms with Crippen LogP contribution in [0.5, 0.6) is 0 Å². The molecule has 0 aromatic rings. The molecule has 0 bridgehead atoms. The first-order chi connectivity index (χ1) is 7.19. The Kier molecular flexibility index (Phi) is 4.34. The Bertz CT molecular complexity index is 290. The highest BCUT2D eigenvalue weighted by molar-refractivity contribution is 5.82. The molecule has 1 aliphatic rings. The lowest BCUT2D eigenvalue weighted by atomic mass is 10.3. The molecule has 0 aromatic carbocycles. The van der Waals surface area contributed by atoms with Crippen molar-refractivity contribution < 1.29 is 4.79 Å². The highest BCUT2D eigenvalue weighted by atomic mass is 16.2. The second kappa shape index (κ2) is 5.53. The van der Waals surface area contributed by atoms with Crippen LogP contribution in [-0.2, 0) is 4.79 Å². The second-order valence-electron chi connectivity index (χ2n) is 3.65. The average Bonchev–Trinajstić information content (AvgIpc) is 3.00. The summed E-state index contributed by atoms with van der Waals surface area (Å²) < 4.78 is 0. The van der Waals surface area contributed by atoms with Gasteiger partial charge < -0.3 is 10.6 Å². The first-order valence-corrected chi connectivity index (χ1v) is 5.43. The van der Waals surface area contributed by atoms with Gasteiger partial charge in [0.05, 0.1) is 5.70 Å². The third-order valence-corrected chi connectivity index (χ3v) is 2.25. The van der Waals surface area contributed by atoms with Gasteiger partial charge in [-0.15, -0.1) is 0 Å². The van der Waals surface area contributed by atoms with E-state index in [0.717, 1.165) is 25.1 Å². The number of nitrogens with one attached hydrogen (secondary N) is 2. The van der Waals surface area contributed by atoms with Crippen molar-refractivity contribution in [3.05, 3.63) is 11.5 Å². The van der Waals surface area contributed by atoms with Gasteiger partial charge in [0.2, 0.25) is 5.91 Å². The van der Waals surface area contributed by atoms with Crippen molar-refractivity contribution in [1.29, 1.82) is 0 Å². The molecule has 0 heterocycles. The van der Waals surface area contributed by atoms with Crippen LogP contribution in [0.3, 0.4) is 0 Å². The fourth-order valence-electron chi connectivity index (χ4n) is 1.27. The van der Waals surface area contributed by atoms with Gasteiger partial charge >= 0.3 is 0 Å². The number of allylic oxidation sites excluding steroid dienone is 1. The highest BCUT2D eigenvalue weighted by Gasteiger charge is 2.30. The summed E-state index contributed by atoms with van der Waals surface area (Å²) in [5.74, 6) is 0.936. The van der Waals surface area contributed by atoms with Crippen LogP contribution in [0, 0.1) is 5.92 Å². The molecule has 0 aromatic heterocycles. The molecule has 1 saturated carbocycles. The van der Waals surface area contributed by atoms with E-state index >= 15 is 0 Å². The number of carbonyl (C=O) groups excluding carboxylic acids is 1. The molecule has 0 unspecified atom stereocenters. The van der Waals surface area contributed by atoms with Gasteiger partial charge in [-0.2, -0.15) is 0 Å². The summed E-state index contributed by atoms with van der Waals surface area (Å²) in [6.45, 7) is 6.59. The third-order valence-electron chi connectivity index (χ3n) is 2.25. The van der Waals surface area contributed by atoms with E-state index in [9.17, 15) is 4.79 Å². The minimum Gasteiger partial charge on any atom is -0.386 e. The first-order valence-electron chi connectivity index (χ1n) is 5.43. The predicted molar refractivity (Wildman–Crippen MR) is 61.4 cm³/mol. The van der Waals surface area contributed by atoms with Crippen LogP contribution in [0.15, 0.2) is 16.5 Å². The molecule has 4 heteroatoms. The van der Waals surface area contributed by atoms with Crippen LogP contribution < -0.4 is 10.6 Å². The Labute approximate surface area is 90.8 Å². The normalized spacial score (nSPS) is 17.5. The van der Waals surface area contributed by atoms with Crippen LogP contribution in [-0.4, -0.2) is 18.7 Å². The molecular weight excluding hydrogens is 190 g/mol. The smallest absolute Gasteiger partial charge is 0.228 e. The van der Waals surface area contributed by atoms with E-state index in [4.69, 9.17) is 0 Å². The number of aliphatic imine (C=N–C) groups is 1. The largest absolute Gasteiger partial charge is 0.386 e. The Hall–Kier alpha value is -1.32. The van der Waals surface area contributed by atoms with Crippen LogP contribution >= 0.6 is 0 Å². The standard InChI is InChI=1S/C11H19N3O/c1-4-12-8(3)10(13-5-2)14-11(15)9-6-7-9/h5,9,12H,4,6-7H2,1-3H3,(H,14,15)/b10-8-,13-5?. The minimum absolute atomic E-state index is 0.0906. The lowest BCUT2D eigenvalue weighted by Gasteiger charge is -2.10. The molecule has 2 N–H and O–H groups in total. The van der Waals surface area contributed by atoms with Crippen molar-refractivity contribution in [3.8, 4) is 0 Å². The Morgan fingerprint density at radius 1 is 1.53 bits per heavy atom. The molecule has 1 rings (SSSR count). The fourth-order valence-corrected chi connectivity index (χ4v) is 1.27. The van der Waals surface area contributed by atoms with Crippen molar-refractivity contribution in [1.82, 2.24) is 10.6 Å². The number of amides is 1.